The highest BCUT2D eigenvalue weighted by atomic mass is 16.5. The van der Waals surface area contributed by atoms with Gasteiger partial charge in [0, 0.05) is 18.8 Å². The Morgan fingerprint density at radius 2 is 2.37 bits per heavy atom. The van der Waals surface area contributed by atoms with Gasteiger partial charge >= 0.3 is 0 Å². The molecule has 0 aromatic carbocycles. The van der Waals surface area contributed by atoms with Crippen LogP contribution in [0.2, 0.25) is 0 Å². The fraction of sp³-hybridized carbons (Fsp3) is 0.538. The van der Waals surface area contributed by atoms with Gasteiger partial charge < -0.3 is 14.5 Å². The van der Waals surface area contributed by atoms with E-state index in [9.17, 15) is 0 Å². The molecular weight excluding hydrogens is 244 g/mol. The third-order valence-electron chi connectivity index (χ3n) is 2.57. The fourth-order valence-corrected chi connectivity index (χ4v) is 1.56. The third-order valence-corrected chi connectivity index (χ3v) is 2.57. The van der Waals surface area contributed by atoms with Gasteiger partial charge in [-0.05, 0) is 12.1 Å². The number of hydrogen-bond donors (Lipinski definition) is 1. The van der Waals surface area contributed by atoms with Crippen molar-refractivity contribution in [3.05, 3.63) is 36.0 Å². The van der Waals surface area contributed by atoms with Crippen LogP contribution in [0.25, 0.3) is 0 Å². The van der Waals surface area contributed by atoms with Gasteiger partial charge in [0.15, 0.2) is 0 Å². The molecule has 0 unspecified atom stereocenters. The van der Waals surface area contributed by atoms with Crippen LogP contribution in [0, 0.1) is 0 Å². The van der Waals surface area contributed by atoms with E-state index in [0.29, 0.717) is 25.8 Å². The molecule has 104 valence electrons. The smallest absolute Gasteiger partial charge is 0.129 e. The Balaban J connectivity index is 1.65. The minimum atomic E-state index is 0.446. The van der Waals surface area contributed by atoms with Crippen molar-refractivity contribution in [2.75, 3.05) is 6.61 Å². The van der Waals surface area contributed by atoms with Crippen LogP contribution in [0.3, 0.4) is 0 Å². The topological polar surface area (TPSA) is 65.1 Å². The van der Waals surface area contributed by atoms with E-state index in [2.05, 4.69) is 29.5 Å². The summed E-state index contributed by atoms with van der Waals surface area (Å²) >= 11 is 0. The largest absolute Gasteiger partial charge is 0.467 e. The van der Waals surface area contributed by atoms with E-state index in [1.165, 1.54) is 0 Å². The molecular formula is C13H20N4O2. The lowest BCUT2D eigenvalue weighted by Gasteiger charge is -2.04. The average molecular weight is 264 g/mol. The zero-order valence-electron chi connectivity index (χ0n) is 11.4. The first-order valence-electron chi connectivity index (χ1n) is 6.46. The van der Waals surface area contributed by atoms with E-state index in [1.807, 2.05) is 18.3 Å². The lowest BCUT2D eigenvalue weighted by Crippen LogP contribution is -2.21. The Morgan fingerprint density at radius 1 is 1.47 bits per heavy atom. The van der Waals surface area contributed by atoms with Gasteiger partial charge in [0.2, 0.25) is 0 Å². The molecule has 0 atom stereocenters. The predicted octanol–water partition coefficient (Wildman–Crippen LogP) is 1.59. The van der Waals surface area contributed by atoms with Crippen molar-refractivity contribution < 1.29 is 9.15 Å². The van der Waals surface area contributed by atoms with Crippen LogP contribution in [-0.4, -0.2) is 27.6 Å². The van der Waals surface area contributed by atoms with Gasteiger partial charge in [0.1, 0.15) is 12.4 Å². The molecule has 6 heteroatoms. The predicted molar refractivity (Wildman–Crippen MR) is 70.4 cm³/mol. The minimum Gasteiger partial charge on any atom is -0.467 e. The highest BCUT2D eigenvalue weighted by molar-refractivity contribution is 4.96. The molecule has 2 heterocycles. The van der Waals surface area contributed by atoms with Crippen molar-refractivity contribution in [1.82, 2.24) is 20.3 Å². The summed E-state index contributed by atoms with van der Waals surface area (Å²) in [5.74, 6) is 0.834. The van der Waals surface area contributed by atoms with Crippen molar-refractivity contribution in [2.45, 2.75) is 39.6 Å². The summed E-state index contributed by atoms with van der Waals surface area (Å²) in [6, 6.07) is 4.19. The number of hydrogen-bond acceptors (Lipinski definition) is 5. The van der Waals surface area contributed by atoms with Crippen molar-refractivity contribution >= 4 is 0 Å². The fourth-order valence-electron chi connectivity index (χ4n) is 1.56. The van der Waals surface area contributed by atoms with Gasteiger partial charge in [-0.2, -0.15) is 0 Å². The van der Waals surface area contributed by atoms with Gasteiger partial charge in [-0.3, -0.25) is 0 Å². The molecule has 6 nitrogen and oxygen atoms in total. The van der Waals surface area contributed by atoms with E-state index in [-0.39, 0.29) is 0 Å². The summed E-state index contributed by atoms with van der Waals surface area (Å²) in [6.07, 6.45) is 3.58. The first kappa shape index (κ1) is 13.8. The Hall–Kier alpha value is -1.66. The number of aromatic nitrogens is 3. The molecule has 0 saturated carbocycles. The number of nitrogens with zero attached hydrogens (tertiary/aromatic N) is 3. The maximum Gasteiger partial charge on any atom is 0.129 e. The summed E-state index contributed by atoms with van der Waals surface area (Å²) in [7, 11) is 0. The summed E-state index contributed by atoms with van der Waals surface area (Å²) < 4.78 is 12.5. The van der Waals surface area contributed by atoms with Gasteiger partial charge in [0.25, 0.3) is 0 Å². The van der Waals surface area contributed by atoms with Crippen LogP contribution in [0.15, 0.2) is 29.0 Å². The SMILES string of the molecule is CC(C)NCc1cn(CCOCc2ccco2)nn1. The van der Waals surface area contributed by atoms with Gasteiger partial charge in [-0.25, -0.2) is 4.68 Å². The summed E-state index contributed by atoms with van der Waals surface area (Å²) in [5.41, 5.74) is 0.944. The molecule has 0 saturated heterocycles. The maximum atomic E-state index is 5.49. The highest BCUT2D eigenvalue weighted by Crippen LogP contribution is 2.01. The number of furan rings is 1. The van der Waals surface area contributed by atoms with Crippen LogP contribution in [0.4, 0.5) is 0 Å². The standard InChI is InChI=1S/C13H20N4O2/c1-11(2)14-8-12-9-17(16-15-12)5-7-18-10-13-4-3-6-19-13/h3-4,6,9,11,14H,5,7-8,10H2,1-2H3. The van der Waals surface area contributed by atoms with Gasteiger partial charge in [-0.15, -0.1) is 5.10 Å². The summed E-state index contributed by atoms with van der Waals surface area (Å²) in [4.78, 5) is 0. The molecule has 0 aliphatic rings. The summed E-state index contributed by atoms with van der Waals surface area (Å²) in [5, 5.41) is 11.4. The van der Waals surface area contributed by atoms with Crippen LogP contribution in [0.1, 0.15) is 25.3 Å². The molecule has 0 amide bonds. The van der Waals surface area contributed by atoms with Gasteiger partial charge in [0.05, 0.1) is 25.1 Å². The molecule has 2 aromatic heterocycles. The Labute approximate surface area is 112 Å². The average Bonchev–Trinajstić information content (AvgIpc) is 3.04. The van der Waals surface area contributed by atoms with Crippen LogP contribution >= 0.6 is 0 Å². The molecule has 0 fully saturated rings. The van der Waals surface area contributed by atoms with Crippen molar-refractivity contribution in [3.8, 4) is 0 Å². The Kier molecular flexibility index (Phi) is 5.11. The molecule has 0 spiro atoms. The van der Waals surface area contributed by atoms with Gasteiger partial charge in [-0.1, -0.05) is 19.1 Å². The number of rotatable bonds is 8. The second kappa shape index (κ2) is 7.06. The quantitative estimate of drug-likeness (QED) is 0.733. The van der Waals surface area contributed by atoms with E-state index in [0.717, 1.165) is 18.0 Å². The number of ether oxygens (including phenoxy) is 1. The molecule has 0 radical (unpaired) electrons. The molecule has 0 bridgehead atoms. The zero-order chi connectivity index (χ0) is 13.5. The lowest BCUT2D eigenvalue weighted by molar-refractivity contribution is 0.0967. The van der Waals surface area contributed by atoms with E-state index < -0.39 is 0 Å². The highest BCUT2D eigenvalue weighted by Gasteiger charge is 2.02. The van der Waals surface area contributed by atoms with Crippen molar-refractivity contribution in [3.63, 3.8) is 0 Å². The lowest BCUT2D eigenvalue weighted by atomic mass is 10.3. The Morgan fingerprint density at radius 3 is 3.11 bits per heavy atom. The Bertz CT molecular complexity index is 465. The monoisotopic (exact) mass is 264 g/mol. The van der Waals surface area contributed by atoms with Crippen molar-refractivity contribution in [2.24, 2.45) is 0 Å². The zero-order valence-corrected chi connectivity index (χ0v) is 11.4. The van der Waals surface area contributed by atoms with Crippen LogP contribution in [0.5, 0.6) is 0 Å². The van der Waals surface area contributed by atoms with E-state index in [4.69, 9.17) is 9.15 Å². The first-order chi connectivity index (χ1) is 9.24. The van der Waals surface area contributed by atoms with Crippen LogP contribution in [-0.2, 0) is 24.4 Å². The third kappa shape index (κ3) is 4.84. The second-order valence-corrected chi connectivity index (χ2v) is 4.64. The first-order valence-corrected chi connectivity index (χ1v) is 6.46. The van der Waals surface area contributed by atoms with Crippen molar-refractivity contribution in [1.29, 1.82) is 0 Å². The molecule has 0 aliphatic carbocycles. The molecule has 19 heavy (non-hydrogen) atoms. The summed E-state index contributed by atoms with van der Waals surface area (Å²) in [6.45, 7) is 6.71. The molecule has 2 aromatic rings. The van der Waals surface area contributed by atoms with E-state index >= 15 is 0 Å². The number of nitrogens with one attached hydrogen (secondary N) is 1. The minimum absolute atomic E-state index is 0.446. The second-order valence-electron chi connectivity index (χ2n) is 4.64. The molecule has 1 N–H and O–H groups in total. The molecule has 2 rings (SSSR count). The maximum absolute atomic E-state index is 5.49. The van der Waals surface area contributed by atoms with E-state index in [1.54, 1.807) is 10.9 Å². The molecule has 0 aliphatic heterocycles. The van der Waals surface area contributed by atoms with Crippen LogP contribution < -0.4 is 5.32 Å². The normalized spacial score (nSPS) is 11.3.